The number of aryl methyl sites for hydroxylation is 1. The molecule has 1 N–H and O–H groups in total. The molecular formula is C14H12FNO4. The van der Waals surface area contributed by atoms with Gasteiger partial charge in [-0.15, -0.1) is 0 Å². The third-order valence-corrected chi connectivity index (χ3v) is 3.61. The van der Waals surface area contributed by atoms with Crippen LogP contribution >= 0.6 is 0 Å². The molecule has 104 valence electrons. The number of carbonyl (C=O) groups excluding carboxylic acids is 1. The van der Waals surface area contributed by atoms with E-state index in [1.807, 2.05) is 0 Å². The van der Waals surface area contributed by atoms with Crippen LogP contribution in [0.4, 0.5) is 4.39 Å². The van der Waals surface area contributed by atoms with Gasteiger partial charge in [-0.2, -0.15) is 0 Å². The van der Waals surface area contributed by atoms with E-state index in [4.69, 9.17) is 9.52 Å². The number of carboxylic acid groups (broad SMARTS) is 1. The Balaban J connectivity index is 1.89. The summed E-state index contributed by atoms with van der Waals surface area (Å²) in [5.41, 5.74) is 1.02. The molecule has 20 heavy (non-hydrogen) atoms. The van der Waals surface area contributed by atoms with Gasteiger partial charge in [0.25, 0.3) is 5.91 Å². The van der Waals surface area contributed by atoms with Crippen LogP contribution in [0.25, 0.3) is 11.0 Å². The lowest BCUT2D eigenvalue weighted by molar-refractivity contribution is -0.146. The van der Waals surface area contributed by atoms with Crippen molar-refractivity contribution < 1.29 is 23.5 Å². The number of amides is 1. The average molecular weight is 277 g/mol. The highest BCUT2D eigenvalue weighted by molar-refractivity contribution is 5.99. The summed E-state index contributed by atoms with van der Waals surface area (Å²) in [6, 6.07) is 4.06. The number of benzene rings is 1. The summed E-state index contributed by atoms with van der Waals surface area (Å²) in [5, 5.41) is 9.36. The highest BCUT2D eigenvalue weighted by Gasteiger charge is 2.37. The quantitative estimate of drug-likeness (QED) is 0.911. The van der Waals surface area contributed by atoms with Crippen molar-refractivity contribution in [1.82, 2.24) is 4.90 Å². The molecule has 6 heteroatoms. The Labute approximate surface area is 113 Å². The molecule has 0 atom stereocenters. The van der Waals surface area contributed by atoms with Gasteiger partial charge in [-0.05, 0) is 25.1 Å². The second-order valence-corrected chi connectivity index (χ2v) is 4.94. The summed E-state index contributed by atoms with van der Waals surface area (Å²) < 4.78 is 18.7. The van der Waals surface area contributed by atoms with Gasteiger partial charge in [0.15, 0.2) is 5.76 Å². The van der Waals surface area contributed by atoms with Gasteiger partial charge in [0.05, 0.1) is 5.92 Å². The van der Waals surface area contributed by atoms with Crippen LogP contribution in [-0.4, -0.2) is 35.0 Å². The fourth-order valence-electron chi connectivity index (χ4n) is 2.34. The highest BCUT2D eigenvalue weighted by atomic mass is 19.1. The summed E-state index contributed by atoms with van der Waals surface area (Å²) in [6.07, 6.45) is 0. The predicted octanol–water partition coefficient (Wildman–Crippen LogP) is 2.04. The molecule has 1 saturated heterocycles. The summed E-state index contributed by atoms with van der Waals surface area (Å²) in [5.74, 6) is -2.01. The molecule has 2 aromatic rings. The molecule has 2 heterocycles. The van der Waals surface area contributed by atoms with Gasteiger partial charge in [-0.1, -0.05) is 0 Å². The van der Waals surface area contributed by atoms with E-state index >= 15 is 0 Å². The van der Waals surface area contributed by atoms with Gasteiger partial charge in [-0.25, -0.2) is 4.39 Å². The van der Waals surface area contributed by atoms with Gasteiger partial charge in [0, 0.05) is 24.0 Å². The number of aliphatic carboxylic acids is 1. The first-order valence-corrected chi connectivity index (χ1v) is 6.18. The van der Waals surface area contributed by atoms with Crippen LogP contribution in [0.1, 0.15) is 16.1 Å². The Morgan fingerprint density at radius 3 is 2.75 bits per heavy atom. The van der Waals surface area contributed by atoms with Crippen molar-refractivity contribution in [2.45, 2.75) is 6.92 Å². The molecule has 5 nitrogen and oxygen atoms in total. The Kier molecular flexibility index (Phi) is 2.74. The number of carbonyl (C=O) groups is 2. The molecule has 1 amide bonds. The fraction of sp³-hybridized carbons (Fsp3) is 0.286. The minimum absolute atomic E-state index is 0.148. The monoisotopic (exact) mass is 277 g/mol. The molecule has 1 aromatic heterocycles. The maximum Gasteiger partial charge on any atom is 0.310 e. The third kappa shape index (κ3) is 1.84. The van der Waals surface area contributed by atoms with E-state index in [1.54, 1.807) is 6.92 Å². The van der Waals surface area contributed by atoms with Crippen molar-refractivity contribution in [3.63, 3.8) is 0 Å². The first-order valence-electron chi connectivity index (χ1n) is 6.18. The highest BCUT2D eigenvalue weighted by Crippen LogP contribution is 2.28. The van der Waals surface area contributed by atoms with Crippen molar-refractivity contribution >= 4 is 22.8 Å². The number of halogens is 1. The van der Waals surface area contributed by atoms with Crippen molar-refractivity contribution in [1.29, 1.82) is 0 Å². The molecule has 0 saturated carbocycles. The maximum absolute atomic E-state index is 13.2. The van der Waals surface area contributed by atoms with Crippen LogP contribution < -0.4 is 0 Å². The van der Waals surface area contributed by atoms with Crippen LogP contribution in [0.5, 0.6) is 0 Å². The number of nitrogens with zero attached hydrogens (tertiary/aromatic N) is 1. The fourth-order valence-corrected chi connectivity index (χ4v) is 2.34. The largest absolute Gasteiger partial charge is 0.481 e. The first-order chi connectivity index (χ1) is 9.47. The summed E-state index contributed by atoms with van der Waals surface area (Å²) in [4.78, 5) is 24.4. The van der Waals surface area contributed by atoms with E-state index in [-0.39, 0.29) is 24.8 Å². The average Bonchev–Trinajstić information content (AvgIpc) is 2.64. The van der Waals surface area contributed by atoms with E-state index in [9.17, 15) is 14.0 Å². The third-order valence-electron chi connectivity index (χ3n) is 3.61. The summed E-state index contributed by atoms with van der Waals surface area (Å²) in [6.45, 7) is 2.05. The van der Waals surface area contributed by atoms with E-state index < -0.39 is 17.7 Å². The number of furan rings is 1. The van der Waals surface area contributed by atoms with Crippen molar-refractivity contribution in [3.05, 3.63) is 35.3 Å². The van der Waals surface area contributed by atoms with Gasteiger partial charge in [0.2, 0.25) is 0 Å². The van der Waals surface area contributed by atoms with E-state index in [2.05, 4.69) is 0 Å². The molecule has 1 aliphatic heterocycles. The van der Waals surface area contributed by atoms with Crippen LogP contribution in [-0.2, 0) is 4.79 Å². The molecule has 0 aliphatic carbocycles. The lowest BCUT2D eigenvalue weighted by Crippen LogP contribution is -2.53. The normalized spacial score (nSPS) is 15.4. The molecule has 0 bridgehead atoms. The van der Waals surface area contributed by atoms with E-state index in [1.165, 1.54) is 23.1 Å². The number of hydrogen-bond donors (Lipinski definition) is 1. The second kappa shape index (κ2) is 4.33. The van der Waals surface area contributed by atoms with Crippen molar-refractivity contribution in [2.75, 3.05) is 13.1 Å². The zero-order chi connectivity index (χ0) is 14.4. The number of hydrogen-bond acceptors (Lipinski definition) is 3. The molecule has 1 aromatic carbocycles. The smallest absolute Gasteiger partial charge is 0.310 e. The Hall–Kier alpha value is -2.37. The Morgan fingerprint density at radius 2 is 2.10 bits per heavy atom. The lowest BCUT2D eigenvalue weighted by Gasteiger charge is -2.36. The van der Waals surface area contributed by atoms with E-state index in [0.717, 1.165) is 0 Å². The minimum atomic E-state index is -0.905. The number of rotatable bonds is 2. The lowest BCUT2D eigenvalue weighted by atomic mass is 10.00. The van der Waals surface area contributed by atoms with Crippen molar-refractivity contribution in [3.8, 4) is 0 Å². The number of carboxylic acids is 1. The van der Waals surface area contributed by atoms with Gasteiger partial charge in [-0.3, -0.25) is 9.59 Å². The topological polar surface area (TPSA) is 70.8 Å². The summed E-state index contributed by atoms with van der Waals surface area (Å²) in [7, 11) is 0. The molecular weight excluding hydrogens is 265 g/mol. The van der Waals surface area contributed by atoms with Crippen LogP contribution in [0, 0.1) is 18.7 Å². The SMILES string of the molecule is Cc1c(C(=O)N2CC(C(=O)O)C2)oc2ccc(F)cc12. The minimum Gasteiger partial charge on any atom is -0.481 e. The van der Waals surface area contributed by atoms with Crippen LogP contribution in [0.15, 0.2) is 22.6 Å². The van der Waals surface area contributed by atoms with Gasteiger partial charge in [0.1, 0.15) is 11.4 Å². The first kappa shape index (κ1) is 12.7. The molecule has 1 aliphatic rings. The number of fused-ring (bicyclic) bond motifs is 1. The van der Waals surface area contributed by atoms with Gasteiger partial charge < -0.3 is 14.4 Å². The predicted molar refractivity (Wildman–Crippen MR) is 67.9 cm³/mol. The molecule has 1 fully saturated rings. The molecule has 3 rings (SSSR count). The van der Waals surface area contributed by atoms with Crippen molar-refractivity contribution in [2.24, 2.45) is 5.92 Å². The number of likely N-dealkylation sites (tertiary alicyclic amines) is 1. The van der Waals surface area contributed by atoms with E-state index in [0.29, 0.717) is 16.5 Å². The standard InChI is InChI=1S/C14H12FNO4/c1-7-10-4-9(15)2-3-11(10)20-12(7)13(17)16-5-8(6-16)14(18)19/h2-4,8H,5-6H2,1H3,(H,18,19). The molecule has 0 unspecified atom stereocenters. The second-order valence-electron chi connectivity index (χ2n) is 4.94. The Bertz CT molecular complexity index is 715. The van der Waals surface area contributed by atoms with Gasteiger partial charge >= 0.3 is 5.97 Å². The molecule has 0 spiro atoms. The zero-order valence-corrected chi connectivity index (χ0v) is 10.7. The zero-order valence-electron chi connectivity index (χ0n) is 10.7. The Morgan fingerprint density at radius 1 is 1.40 bits per heavy atom. The van der Waals surface area contributed by atoms with Crippen LogP contribution in [0.2, 0.25) is 0 Å². The summed E-state index contributed by atoms with van der Waals surface area (Å²) >= 11 is 0. The molecule has 0 radical (unpaired) electrons. The van der Waals surface area contributed by atoms with Crippen LogP contribution in [0.3, 0.4) is 0 Å². The maximum atomic E-state index is 13.2.